The third-order valence-electron chi connectivity index (χ3n) is 3.77. The van der Waals surface area contributed by atoms with Crippen molar-refractivity contribution in [1.82, 2.24) is 9.97 Å². The van der Waals surface area contributed by atoms with E-state index in [2.05, 4.69) is 40.3 Å². The van der Waals surface area contributed by atoms with Crippen molar-refractivity contribution in [2.75, 3.05) is 0 Å². The molecule has 0 aliphatic rings. The maximum atomic E-state index is 6.07. The second-order valence-corrected chi connectivity index (χ2v) is 5.59. The van der Waals surface area contributed by atoms with Gasteiger partial charge in [0.25, 0.3) is 0 Å². The molecule has 0 aliphatic carbocycles. The van der Waals surface area contributed by atoms with Crippen LogP contribution in [0.1, 0.15) is 11.3 Å². The van der Waals surface area contributed by atoms with Gasteiger partial charge >= 0.3 is 0 Å². The molecule has 0 spiro atoms. The van der Waals surface area contributed by atoms with E-state index in [0.29, 0.717) is 0 Å². The molecule has 4 rings (SSSR count). The van der Waals surface area contributed by atoms with Crippen LogP contribution in [-0.4, -0.2) is 9.97 Å². The molecule has 1 N–H and O–H groups in total. The summed E-state index contributed by atoms with van der Waals surface area (Å²) in [6.07, 6.45) is 2.65. The van der Waals surface area contributed by atoms with Gasteiger partial charge in [0.1, 0.15) is 0 Å². The van der Waals surface area contributed by atoms with Gasteiger partial charge in [-0.3, -0.25) is 4.98 Å². The van der Waals surface area contributed by atoms with Gasteiger partial charge in [0.2, 0.25) is 0 Å². The first-order valence-electron chi connectivity index (χ1n) is 6.90. The Morgan fingerprint density at radius 2 is 1.86 bits per heavy atom. The van der Waals surface area contributed by atoms with Crippen LogP contribution in [-0.2, 0) is 6.42 Å². The fourth-order valence-corrected chi connectivity index (χ4v) is 3.02. The predicted molar refractivity (Wildman–Crippen MR) is 87.9 cm³/mol. The number of halogens is 1. The maximum absolute atomic E-state index is 6.07. The zero-order valence-corrected chi connectivity index (χ0v) is 12.1. The topological polar surface area (TPSA) is 28.7 Å². The van der Waals surface area contributed by atoms with Crippen LogP contribution in [0, 0.1) is 0 Å². The van der Waals surface area contributed by atoms with Gasteiger partial charge in [-0.05, 0) is 29.8 Å². The molecule has 4 aromatic rings. The summed E-state index contributed by atoms with van der Waals surface area (Å²) in [6, 6.07) is 18.3. The van der Waals surface area contributed by atoms with E-state index in [1.54, 1.807) is 0 Å². The van der Waals surface area contributed by atoms with E-state index >= 15 is 0 Å². The molecule has 2 nitrogen and oxygen atoms in total. The number of pyridine rings is 1. The number of nitrogens with zero attached hydrogens (tertiary/aromatic N) is 1. The summed E-state index contributed by atoms with van der Waals surface area (Å²) in [6.45, 7) is 0. The zero-order chi connectivity index (χ0) is 14.2. The number of hydrogen-bond acceptors (Lipinski definition) is 1. The molecule has 2 heterocycles. The Morgan fingerprint density at radius 3 is 2.76 bits per heavy atom. The van der Waals surface area contributed by atoms with Crippen LogP contribution in [0.3, 0.4) is 0 Å². The Kier molecular flexibility index (Phi) is 2.90. The number of fused-ring (bicyclic) bond motifs is 3. The number of nitrogens with one attached hydrogen (secondary N) is 1. The van der Waals surface area contributed by atoms with Gasteiger partial charge in [0.05, 0.1) is 11.2 Å². The Hall–Kier alpha value is -2.32. The van der Waals surface area contributed by atoms with Gasteiger partial charge in [-0.1, -0.05) is 41.9 Å². The van der Waals surface area contributed by atoms with Gasteiger partial charge in [0.15, 0.2) is 0 Å². The van der Waals surface area contributed by atoms with Crippen LogP contribution >= 0.6 is 11.6 Å². The third-order valence-corrected chi connectivity index (χ3v) is 4.00. The molecule has 0 aliphatic heterocycles. The zero-order valence-electron chi connectivity index (χ0n) is 11.3. The molecule has 102 valence electrons. The molecule has 2 aromatic carbocycles. The molecule has 0 fully saturated rings. The summed E-state index contributed by atoms with van der Waals surface area (Å²) in [5.41, 5.74) is 4.47. The molecular weight excluding hydrogens is 280 g/mol. The van der Waals surface area contributed by atoms with Crippen molar-refractivity contribution in [1.29, 1.82) is 0 Å². The summed E-state index contributed by atoms with van der Waals surface area (Å²) in [5.74, 6) is 0. The minimum atomic E-state index is 0.760. The highest BCUT2D eigenvalue weighted by Crippen LogP contribution is 2.27. The summed E-state index contributed by atoms with van der Waals surface area (Å²) < 4.78 is 0. The number of aromatic amines is 1. The average molecular weight is 293 g/mol. The molecule has 0 saturated heterocycles. The lowest BCUT2D eigenvalue weighted by Gasteiger charge is -2.03. The van der Waals surface area contributed by atoms with E-state index in [4.69, 9.17) is 11.6 Å². The number of aromatic nitrogens is 2. The number of benzene rings is 2. The molecule has 0 saturated carbocycles. The quantitative estimate of drug-likeness (QED) is 0.556. The molecule has 0 radical (unpaired) electrons. The standard InChI is InChI=1S/C18H13ClN2/c19-13-5-3-4-12(10-13)11-17-18-15(8-9-20-17)14-6-1-2-7-16(14)21-18/h1-10,21H,11H2. The van der Waals surface area contributed by atoms with E-state index in [0.717, 1.165) is 28.2 Å². The van der Waals surface area contributed by atoms with Crippen LogP contribution in [0.4, 0.5) is 0 Å². The smallest absolute Gasteiger partial charge is 0.0688 e. The van der Waals surface area contributed by atoms with Crippen LogP contribution in [0.2, 0.25) is 5.02 Å². The van der Waals surface area contributed by atoms with Gasteiger partial charge in [0, 0.05) is 33.9 Å². The van der Waals surface area contributed by atoms with E-state index in [1.807, 2.05) is 30.5 Å². The molecule has 0 amide bonds. The molecule has 3 heteroatoms. The fourth-order valence-electron chi connectivity index (χ4n) is 2.80. The van der Waals surface area contributed by atoms with Crippen molar-refractivity contribution in [2.45, 2.75) is 6.42 Å². The van der Waals surface area contributed by atoms with Crippen molar-refractivity contribution in [2.24, 2.45) is 0 Å². The van der Waals surface area contributed by atoms with Gasteiger partial charge in [-0.25, -0.2) is 0 Å². The lowest BCUT2D eigenvalue weighted by molar-refractivity contribution is 1.09. The Labute approximate surface area is 127 Å². The number of para-hydroxylation sites is 1. The SMILES string of the molecule is Clc1cccc(Cc2nccc3c2[nH]c2ccccc23)c1. The van der Waals surface area contributed by atoms with Crippen molar-refractivity contribution >= 4 is 33.4 Å². The Balaban J connectivity index is 1.89. The average Bonchev–Trinajstić information content (AvgIpc) is 2.87. The fraction of sp³-hybridized carbons (Fsp3) is 0.0556. The van der Waals surface area contributed by atoms with Crippen molar-refractivity contribution in [3.05, 3.63) is 77.1 Å². The van der Waals surface area contributed by atoms with Crippen molar-refractivity contribution < 1.29 is 0 Å². The normalized spacial score (nSPS) is 11.3. The number of hydrogen-bond donors (Lipinski definition) is 1. The molecule has 21 heavy (non-hydrogen) atoms. The second kappa shape index (κ2) is 4.90. The van der Waals surface area contributed by atoms with Crippen LogP contribution in [0.5, 0.6) is 0 Å². The van der Waals surface area contributed by atoms with Gasteiger partial charge in [-0.2, -0.15) is 0 Å². The van der Waals surface area contributed by atoms with Crippen LogP contribution < -0.4 is 0 Å². The van der Waals surface area contributed by atoms with Gasteiger partial charge in [-0.15, -0.1) is 0 Å². The first-order chi connectivity index (χ1) is 10.3. The summed E-state index contributed by atoms with van der Waals surface area (Å²) in [4.78, 5) is 8.04. The molecule has 0 bridgehead atoms. The first kappa shape index (κ1) is 12.4. The monoisotopic (exact) mass is 292 g/mol. The summed E-state index contributed by atoms with van der Waals surface area (Å²) >= 11 is 6.07. The highest BCUT2D eigenvalue weighted by Gasteiger charge is 2.09. The highest BCUT2D eigenvalue weighted by molar-refractivity contribution is 6.30. The predicted octanol–water partition coefficient (Wildman–Crippen LogP) is 4.96. The van der Waals surface area contributed by atoms with Crippen molar-refractivity contribution in [3.8, 4) is 0 Å². The lowest BCUT2D eigenvalue weighted by Crippen LogP contribution is -1.93. The van der Waals surface area contributed by atoms with E-state index in [9.17, 15) is 0 Å². The van der Waals surface area contributed by atoms with Gasteiger partial charge < -0.3 is 4.98 Å². The van der Waals surface area contributed by atoms with Crippen LogP contribution in [0.15, 0.2) is 60.8 Å². The summed E-state index contributed by atoms with van der Waals surface area (Å²) in [5, 5.41) is 3.22. The first-order valence-corrected chi connectivity index (χ1v) is 7.28. The highest BCUT2D eigenvalue weighted by atomic mass is 35.5. The number of rotatable bonds is 2. The minimum Gasteiger partial charge on any atom is -0.353 e. The number of H-pyrrole nitrogens is 1. The van der Waals surface area contributed by atoms with E-state index in [-0.39, 0.29) is 0 Å². The Morgan fingerprint density at radius 1 is 0.952 bits per heavy atom. The van der Waals surface area contributed by atoms with E-state index < -0.39 is 0 Å². The molecule has 0 unspecified atom stereocenters. The second-order valence-electron chi connectivity index (χ2n) is 5.16. The third kappa shape index (κ3) is 2.18. The maximum Gasteiger partial charge on any atom is 0.0688 e. The molecule has 2 aromatic heterocycles. The molecular formula is C18H13ClN2. The van der Waals surface area contributed by atoms with E-state index in [1.165, 1.54) is 16.3 Å². The minimum absolute atomic E-state index is 0.760. The van der Waals surface area contributed by atoms with Crippen LogP contribution in [0.25, 0.3) is 21.8 Å². The Bertz CT molecular complexity index is 940. The summed E-state index contributed by atoms with van der Waals surface area (Å²) in [7, 11) is 0. The molecule has 0 atom stereocenters. The lowest BCUT2D eigenvalue weighted by atomic mass is 10.1. The van der Waals surface area contributed by atoms with Crippen molar-refractivity contribution in [3.63, 3.8) is 0 Å². The largest absolute Gasteiger partial charge is 0.353 e.